The second kappa shape index (κ2) is 18.1. The molecule has 0 bridgehead atoms. The Labute approximate surface area is 315 Å². The number of sulfonamides is 1. The van der Waals surface area contributed by atoms with E-state index in [4.69, 9.17) is 24.0 Å². The molecule has 2 heterocycles. The van der Waals surface area contributed by atoms with Crippen LogP contribution < -0.4 is 10.5 Å². The number of hydrogen-bond donors (Lipinski definition) is 2. The van der Waals surface area contributed by atoms with Gasteiger partial charge in [-0.1, -0.05) is 7.43 Å². The second-order valence-electron chi connectivity index (χ2n) is 11.1. The van der Waals surface area contributed by atoms with Crippen LogP contribution in [0.4, 0.5) is 20.2 Å². The number of rotatable bonds is 8. The van der Waals surface area contributed by atoms with Crippen LogP contribution in [-0.2, 0) is 28.5 Å². The molecule has 6 rings (SSSR count). The van der Waals surface area contributed by atoms with E-state index in [-0.39, 0.29) is 37.8 Å². The molecule has 4 aromatic carbocycles. The van der Waals surface area contributed by atoms with E-state index in [2.05, 4.69) is 15.4 Å². The summed E-state index contributed by atoms with van der Waals surface area (Å²) in [5.74, 6) is -1.25. The maximum absolute atomic E-state index is 13.2. The van der Waals surface area contributed by atoms with Crippen LogP contribution in [0.3, 0.4) is 0 Å². The highest BCUT2D eigenvalue weighted by molar-refractivity contribution is 8.13. The van der Waals surface area contributed by atoms with E-state index >= 15 is 0 Å². The van der Waals surface area contributed by atoms with Crippen LogP contribution in [0.1, 0.15) is 42.0 Å². The van der Waals surface area contributed by atoms with Crippen molar-refractivity contribution in [3.63, 3.8) is 0 Å². The van der Waals surface area contributed by atoms with Crippen LogP contribution in [-0.4, -0.2) is 54.5 Å². The third-order valence-corrected chi connectivity index (χ3v) is 7.49. The number of carbonyl (C=O) groups is 2. The van der Waals surface area contributed by atoms with Gasteiger partial charge in [0.15, 0.2) is 0 Å². The fourth-order valence-electron chi connectivity index (χ4n) is 4.91. The van der Waals surface area contributed by atoms with Gasteiger partial charge in [-0.25, -0.2) is 35.2 Å². The Balaban J connectivity index is 0.000000256. The third kappa shape index (κ3) is 11.5. The highest BCUT2D eigenvalue weighted by Crippen LogP contribution is 2.37. The summed E-state index contributed by atoms with van der Waals surface area (Å²) in [4.78, 5) is 24.7. The zero-order chi connectivity index (χ0) is 39.1. The SMILES string of the molecule is C.CCOC(=O)c1c(-c2ccc(F)cc2)oc2cc(N)ccc12.CCOC(=O)c1c(-c2ccc(F)cc2)oc2cc(NS(C)(=O)=O)ccc12.CS(=O)(=O)Cl. The van der Waals surface area contributed by atoms with Gasteiger partial charge in [-0.05, 0) is 86.6 Å². The smallest absolute Gasteiger partial charge is 0.342 e. The van der Waals surface area contributed by atoms with E-state index in [1.54, 1.807) is 50.2 Å². The molecule has 0 unspecified atom stereocenters. The Morgan fingerprint density at radius 1 is 0.704 bits per heavy atom. The van der Waals surface area contributed by atoms with Crippen molar-refractivity contribution in [2.75, 3.05) is 36.2 Å². The molecule has 3 N–H and O–H groups in total. The monoisotopic (exact) mass is 806 g/mol. The van der Waals surface area contributed by atoms with Crippen LogP contribution >= 0.6 is 10.7 Å². The molecular weight excluding hydrogens is 770 g/mol. The Morgan fingerprint density at radius 3 is 1.48 bits per heavy atom. The first-order valence-corrected chi connectivity index (χ1v) is 20.1. The maximum atomic E-state index is 13.2. The van der Waals surface area contributed by atoms with Crippen molar-refractivity contribution in [1.29, 1.82) is 0 Å². The molecular formula is C37H37ClF2N2O10S2. The lowest BCUT2D eigenvalue weighted by molar-refractivity contribution is 0.0519. The summed E-state index contributed by atoms with van der Waals surface area (Å²) >= 11 is 0. The second-order valence-corrected chi connectivity index (χ2v) is 15.9. The van der Waals surface area contributed by atoms with E-state index < -0.39 is 36.8 Å². The van der Waals surface area contributed by atoms with E-state index in [9.17, 15) is 35.2 Å². The van der Waals surface area contributed by atoms with Gasteiger partial charge in [-0.2, -0.15) is 0 Å². The minimum Gasteiger partial charge on any atom is -0.462 e. The topological polar surface area (TPSA) is 185 Å². The van der Waals surface area contributed by atoms with E-state index in [1.807, 2.05) is 0 Å². The van der Waals surface area contributed by atoms with Gasteiger partial charge in [0.1, 0.15) is 45.4 Å². The number of nitrogens with one attached hydrogen (secondary N) is 1. The van der Waals surface area contributed by atoms with Gasteiger partial charge < -0.3 is 24.0 Å². The van der Waals surface area contributed by atoms with Crippen molar-refractivity contribution in [3.8, 4) is 22.6 Å². The van der Waals surface area contributed by atoms with E-state index in [1.165, 1.54) is 48.5 Å². The fraction of sp³-hybridized carbons (Fsp3) is 0.189. The Morgan fingerprint density at radius 2 is 1.09 bits per heavy atom. The number of fused-ring (bicyclic) bond motifs is 2. The summed E-state index contributed by atoms with van der Waals surface area (Å²) in [7, 11) is -2.15. The fourth-order valence-corrected chi connectivity index (χ4v) is 5.46. The van der Waals surface area contributed by atoms with Crippen molar-refractivity contribution in [1.82, 2.24) is 0 Å². The normalized spacial score (nSPS) is 11.0. The third-order valence-electron chi connectivity index (χ3n) is 6.88. The number of carbonyl (C=O) groups excluding carboxylic acids is 2. The van der Waals surface area contributed by atoms with Crippen LogP contribution in [0.5, 0.6) is 0 Å². The molecule has 288 valence electrons. The van der Waals surface area contributed by atoms with Gasteiger partial charge in [0.2, 0.25) is 19.1 Å². The molecule has 0 saturated heterocycles. The molecule has 0 amide bonds. The van der Waals surface area contributed by atoms with Gasteiger partial charge in [-0.3, -0.25) is 4.72 Å². The number of furan rings is 2. The molecule has 17 heteroatoms. The molecule has 54 heavy (non-hydrogen) atoms. The van der Waals surface area contributed by atoms with E-state index in [0.717, 1.165) is 12.5 Å². The minimum atomic E-state index is -3.46. The summed E-state index contributed by atoms with van der Waals surface area (Å²) in [5.41, 5.74) is 9.01. The van der Waals surface area contributed by atoms with Gasteiger partial charge in [0.25, 0.3) is 0 Å². The number of anilines is 2. The molecule has 0 saturated carbocycles. The van der Waals surface area contributed by atoms with Crippen LogP contribution in [0.25, 0.3) is 44.6 Å². The number of hydrogen-bond acceptors (Lipinski definition) is 11. The standard InChI is InChI=1S/C18H16FNO5S.C17H14FNO3.CH3ClO2S.CH4/c1-3-24-18(21)16-14-9-8-13(20-26(2,22)23)10-15(14)25-17(16)11-4-6-12(19)7-5-11;1-2-21-17(20)15-13-8-7-12(19)9-14(13)22-16(15)10-3-5-11(18)6-4-10;1-5(2,3)4;/h4-10,20H,3H2,1-2H3;3-9H,2,19H2,1H3;1H3;1H4. The Bertz CT molecular complexity index is 2470. The molecule has 0 aliphatic heterocycles. The van der Waals surface area contributed by atoms with Crippen molar-refractivity contribution >= 4 is 75.0 Å². The van der Waals surface area contributed by atoms with Crippen molar-refractivity contribution < 1.29 is 53.5 Å². The number of ether oxygens (including phenoxy) is 2. The summed E-state index contributed by atoms with van der Waals surface area (Å²) in [5, 5.41) is 1.09. The van der Waals surface area contributed by atoms with Crippen LogP contribution in [0, 0.1) is 11.6 Å². The lowest BCUT2D eigenvalue weighted by atomic mass is 10.1. The molecule has 0 spiro atoms. The van der Waals surface area contributed by atoms with Crippen molar-refractivity contribution in [2.45, 2.75) is 21.3 Å². The number of esters is 2. The highest BCUT2D eigenvalue weighted by Gasteiger charge is 2.25. The van der Waals surface area contributed by atoms with Crippen LogP contribution in [0.2, 0.25) is 0 Å². The quantitative estimate of drug-likeness (QED) is 0.0852. The zero-order valence-corrected chi connectivity index (χ0v) is 31.0. The predicted molar refractivity (Wildman–Crippen MR) is 205 cm³/mol. The zero-order valence-electron chi connectivity index (χ0n) is 28.6. The molecule has 2 aromatic heterocycles. The van der Waals surface area contributed by atoms with E-state index in [0.29, 0.717) is 55.8 Å². The Hall–Kier alpha value is -5.45. The van der Waals surface area contributed by atoms with Gasteiger partial charge >= 0.3 is 11.9 Å². The highest BCUT2D eigenvalue weighted by atomic mass is 35.7. The first kappa shape index (κ1) is 43.0. The lowest BCUT2D eigenvalue weighted by Crippen LogP contribution is -2.09. The van der Waals surface area contributed by atoms with Gasteiger partial charge in [-0.15, -0.1) is 0 Å². The maximum Gasteiger partial charge on any atom is 0.342 e. The van der Waals surface area contributed by atoms with Crippen LogP contribution in [0.15, 0.2) is 93.8 Å². The average Bonchev–Trinajstić information content (AvgIpc) is 3.63. The molecule has 0 radical (unpaired) electrons. The number of nitrogens with two attached hydrogens (primary N) is 1. The molecule has 0 fully saturated rings. The minimum absolute atomic E-state index is 0. The number of benzene rings is 4. The van der Waals surface area contributed by atoms with Crippen molar-refractivity contribution in [3.05, 3.63) is 108 Å². The molecule has 0 atom stereocenters. The average molecular weight is 807 g/mol. The first-order chi connectivity index (χ1) is 24.9. The largest absolute Gasteiger partial charge is 0.462 e. The molecule has 0 aliphatic carbocycles. The molecule has 12 nitrogen and oxygen atoms in total. The molecule has 0 aliphatic rings. The van der Waals surface area contributed by atoms with Gasteiger partial charge in [0.05, 0.1) is 31.4 Å². The van der Waals surface area contributed by atoms with Crippen molar-refractivity contribution in [2.24, 2.45) is 0 Å². The summed E-state index contributed by atoms with van der Waals surface area (Å²) in [6.07, 6.45) is 1.96. The first-order valence-electron chi connectivity index (χ1n) is 15.5. The summed E-state index contributed by atoms with van der Waals surface area (Å²) < 4.78 is 92.0. The van der Waals surface area contributed by atoms with Gasteiger partial charge in [0, 0.05) is 50.4 Å². The summed E-state index contributed by atoms with van der Waals surface area (Å²) in [6, 6.07) is 20.9. The number of halogens is 3. The number of nitrogen functional groups attached to an aromatic ring is 1. The Kier molecular flexibility index (Phi) is 14.4. The summed E-state index contributed by atoms with van der Waals surface area (Å²) in [6.45, 7) is 3.85. The predicted octanol–water partition coefficient (Wildman–Crippen LogP) is 8.61. The molecule has 6 aromatic rings. The lowest BCUT2D eigenvalue weighted by Gasteiger charge is -2.04.